The van der Waals surface area contributed by atoms with Crippen LogP contribution in [0.1, 0.15) is 43.2 Å². The van der Waals surface area contributed by atoms with Gasteiger partial charge in [-0.1, -0.05) is 30.3 Å². The number of carbonyl (C=O) groups excluding carboxylic acids is 1. The first-order valence-electron chi connectivity index (χ1n) is 9.49. The Kier molecular flexibility index (Phi) is 6.65. The van der Waals surface area contributed by atoms with E-state index in [4.69, 9.17) is 21.1 Å². The van der Waals surface area contributed by atoms with Crippen LogP contribution in [0.4, 0.5) is 0 Å². The second kappa shape index (κ2) is 8.99. The molecule has 0 saturated carbocycles. The molecule has 3 rings (SSSR count). The zero-order valence-corrected chi connectivity index (χ0v) is 17.3. The van der Waals surface area contributed by atoms with Crippen molar-refractivity contribution in [2.45, 2.75) is 38.3 Å². The van der Waals surface area contributed by atoms with Crippen molar-refractivity contribution in [2.75, 3.05) is 26.8 Å². The van der Waals surface area contributed by atoms with Gasteiger partial charge in [0.05, 0.1) is 18.4 Å². The van der Waals surface area contributed by atoms with Crippen LogP contribution in [0.15, 0.2) is 36.5 Å². The number of nitrogens with zero attached hydrogens (tertiary/aromatic N) is 3. The normalized spacial score (nSPS) is 20.9. The standard InChI is InChI=1S/C21H26ClN3O3/c1-4-28-19(26)21(18-17(15(2)27-3)12-23-20(22)24-18)10-11-25(14-21)13-16-8-6-5-7-9-16/h5-9,12,15H,4,10-11,13-14H2,1-3H3. The molecule has 0 bridgehead atoms. The van der Waals surface area contributed by atoms with E-state index in [-0.39, 0.29) is 17.4 Å². The molecule has 7 heteroatoms. The van der Waals surface area contributed by atoms with Gasteiger partial charge in [-0.25, -0.2) is 9.97 Å². The summed E-state index contributed by atoms with van der Waals surface area (Å²) in [6.07, 6.45) is 2.00. The number of rotatable bonds is 7. The van der Waals surface area contributed by atoms with E-state index in [1.807, 2.05) is 32.0 Å². The van der Waals surface area contributed by atoms with E-state index in [0.29, 0.717) is 25.3 Å². The minimum absolute atomic E-state index is 0.118. The highest BCUT2D eigenvalue weighted by molar-refractivity contribution is 6.28. The van der Waals surface area contributed by atoms with Gasteiger partial charge in [0, 0.05) is 38.5 Å². The average molecular weight is 404 g/mol. The van der Waals surface area contributed by atoms with Crippen LogP contribution < -0.4 is 0 Å². The van der Waals surface area contributed by atoms with Gasteiger partial charge in [-0.05, 0) is 37.4 Å². The molecule has 1 fully saturated rings. The number of hydrogen-bond donors (Lipinski definition) is 0. The summed E-state index contributed by atoms with van der Waals surface area (Å²) in [5.41, 5.74) is 1.69. The lowest BCUT2D eigenvalue weighted by atomic mass is 9.80. The summed E-state index contributed by atoms with van der Waals surface area (Å²) in [7, 11) is 1.62. The Balaban J connectivity index is 1.99. The van der Waals surface area contributed by atoms with Crippen molar-refractivity contribution >= 4 is 17.6 Å². The van der Waals surface area contributed by atoms with Gasteiger partial charge >= 0.3 is 5.97 Å². The van der Waals surface area contributed by atoms with E-state index >= 15 is 0 Å². The fourth-order valence-corrected chi connectivity index (χ4v) is 3.90. The molecule has 6 nitrogen and oxygen atoms in total. The van der Waals surface area contributed by atoms with Crippen LogP contribution >= 0.6 is 11.6 Å². The van der Waals surface area contributed by atoms with Crippen LogP contribution in [0.5, 0.6) is 0 Å². The van der Waals surface area contributed by atoms with Gasteiger partial charge in [0.2, 0.25) is 5.28 Å². The summed E-state index contributed by atoms with van der Waals surface area (Å²) >= 11 is 6.12. The third-order valence-electron chi connectivity index (χ3n) is 5.30. The minimum Gasteiger partial charge on any atom is -0.465 e. The number of ether oxygens (including phenoxy) is 2. The zero-order chi connectivity index (χ0) is 20.1. The summed E-state index contributed by atoms with van der Waals surface area (Å²) < 4.78 is 11.0. The van der Waals surface area contributed by atoms with E-state index in [1.54, 1.807) is 13.3 Å². The third-order valence-corrected chi connectivity index (χ3v) is 5.48. The molecule has 2 atom stereocenters. The number of benzene rings is 1. The molecule has 0 N–H and O–H groups in total. The summed E-state index contributed by atoms with van der Waals surface area (Å²) in [6, 6.07) is 10.2. The number of carbonyl (C=O) groups is 1. The van der Waals surface area contributed by atoms with Crippen molar-refractivity contribution in [1.82, 2.24) is 14.9 Å². The van der Waals surface area contributed by atoms with Gasteiger partial charge in [-0.15, -0.1) is 0 Å². The molecule has 0 aliphatic carbocycles. The number of halogens is 1. The summed E-state index contributed by atoms with van der Waals surface area (Å²) in [4.78, 5) is 24.0. The Morgan fingerprint density at radius 2 is 2.11 bits per heavy atom. The molecule has 1 aliphatic heterocycles. The van der Waals surface area contributed by atoms with Gasteiger partial charge in [0.1, 0.15) is 5.41 Å². The smallest absolute Gasteiger partial charge is 0.319 e. The lowest BCUT2D eigenvalue weighted by molar-refractivity contribution is -0.150. The Hall–Kier alpha value is -2.02. The topological polar surface area (TPSA) is 64.5 Å². The Bertz CT molecular complexity index is 818. The first kappa shape index (κ1) is 20.7. The molecular formula is C21H26ClN3O3. The van der Waals surface area contributed by atoms with Crippen molar-refractivity contribution in [3.05, 3.63) is 58.6 Å². The molecule has 28 heavy (non-hydrogen) atoms. The fourth-order valence-electron chi connectivity index (χ4n) is 3.77. The van der Waals surface area contributed by atoms with Crippen LogP contribution in [0.2, 0.25) is 5.28 Å². The molecule has 0 amide bonds. The molecule has 1 saturated heterocycles. The first-order valence-corrected chi connectivity index (χ1v) is 9.87. The monoisotopic (exact) mass is 403 g/mol. The summed E-state index contributed by atoms with van der Waals surface area (Å²) in [6.45, 7) is 6.07. The van der Waals surface area contributed by atoms with Crippen LogP contribution in [0.3, 0.4) is 0 Å². The highest BCUT2D eigenvalue weighted by Crippen LogP contribution is 2.39. The fraction of sp³-hybridized carbons (Fsp3) is 0.476. The summed E-state index contributed by atoms with van der Waals surface area (Å²) in [5.74, 6) is -0.273. The van der Waals surface area contributed by atoms with Crippen LogP contribution in [0.25, 0.3) is 0 Å². The van der Waals surface area contributed by atoms with E-state index in [0.717, 1.165) is 18.7 Å². The van der Waals surface area contributed by atoms with Gasteiger partial charge in [-0.3, -0.25) is 9.69 Å². The molecule has 2 heterocycles. The zero-order valence-electron chi connectivity index (χ0n) is 16.5. The van der Waals surface area contributed by atoms with E-state index < -0.39 is 5.41 Å². The number of methoxy groups -OCH3 is 1. The first-order chi connectivity index (χ1) is 13.5. The maximum absolute atomic E-state index is 13.1. The molecule has 2 aromatic rings. The van der Waals surface area contributed by atoms with Crippen molar-refractivity contribution in [3.8, 4) is 0 Å². The SMILES string of the molecule is CCOC(=O)C1(c2nc(Cl)ncc2C(C)OC)CCN(Cc2ccccc2)C1. The van der Waals surface area contributed by atoms with Crippen molar-refractivity contribution < 1.29 is 14.3 Å². The molecule has 1 aromatic heterocycles. The van der Waals surface area contributed by atoms with Gasteiger partial charge < -0.3 is 9.47 Å². The van der Waals surface area contributed by atoms with E-state index in [1.165, 1.54) is 5.56 Å². The summed E-state index contributed by atoms with van der Waals surface area (Å²) in [5, 5.41) is 0.118. The molecule has 150 valence electrons. The Morgan fingerprint density at radius 1 is 1.36 bits per heavy atom. The highest BCUT2D eigenvalue weighted by atomic mass is 35.5. The molecule has 1 aliphatic rings. The van der Waals surface area contributed by atoms with Crippen LogP contribution in [-0.4, -0.2) is 47.6 Å². The number of esters is 1. The highest BCUT2D eigenvalue weighted by Gasteiger charge is 2.50. The Morgan fingerprint density at radius 3 is 2.79 bits per heavy atom. The van der Waals surface area contributed by atoms with E-state index in [2.05, 4.69) is 27.0 Å². The minimum atomic E-state index is -0.889. The van der Waals surface area contributed by atoms with Crippen molar-refractivity contribution in [3.63, 3.8) is 0 Å². The molecule has 1 aromatic carbocycles. The van der Waals surface area contributed by atoms with Crippen LogP contribution in [-0.2, 0) is 26.2 Å². The molecule has 2 unspecified atom stereocenters. The van der Waals surface area contributed by atoms with Crippen molar-refractivity contribution in [1.29, 1.82) is 0 Å². The third kappa shape index (κ3) is 4.19. The van der Waals surface area contributed by atoms with E-state index in [9.17, 15) is 4.79 Å². The predicted molar refractivity (Wildman–Crippen MR) is 107 cm³/mol. The molecule has 0 spiro atoms. The van der Waals surface area contributed by atoms with Gasteiger partial charge in [0.25, 0.3) is 0 Å². The second-order valence-corrected chi connectivity index (χ2v) is 7.41. The lowest BCUT2D eigenvalue weighted by Crippen LogP contribution is -2.42. The van der Waals surface area contributed by atoms with Gasteiger partial charge in [-0.2, -0.15) is 0 Å². The maximum atomic E-state index is 13.1. The predicted octanol–water partition coefficient (Wildman–Crippen LogP) is 3.54. The average Bonchev–Trinajstić information content (AvgIpc) is 3.13. The number of likely N-dealkylation sites (tertiary alicyclic amines) is 1. The maximum Gasteiger partial charge on any atom is 0.319 e. The quantitative estimate of drug-likeness (QED) is 0.520. The van der Waals surface area contributed by atoms with Crippen LogP contribution in [0, 0.1) is 0 Å². The van der Waals surface area contributed by atoms with Gasteiger partial charge in [0.15, 0.2) is 0 Å². The van der Waals surface area contributed by atoms with Crippen molar-refractivity contribution in [2.24, 2.45) is 0 Å². The Labute approximate surface area is 170 Å². The number of hydrogen-bond acceptors (Lipinski definition) is 6. The largest absolute Gasteiger partial charge is 0.465 e. The number of aromatic nitrogens is 2. The molecule has 0 radical (unpaired) electrons. The lowest BCUT2D eigenvalue weighted by Gasteiger charge is -2.29. The second-order valence-electron chi connectivity index (χ2n) is 7.07. The molecular weight excluding hydrogens is 378 g/mol.